The van der Waals surface area contributed by atoms with Crippen LogP contribution in [0.3, 0.4) is 0 Å². The number of hydrogen-bond donors (Lipinski definition) is 0. The first-order valence-corrected chi connectivity index (χ1v) is 8.10. The Hall–Kier alpha value is -2.88. The molecule has 1 aromatic heterocycles. The van der Waals surface area contributed by atoms with Crippen molar-refractivity contribution in [3.8, 4) is 0 Å². The van der Waals surface area contributed by atoms with Crippen LogP contribution in [-0.4, -0.2) is 16.8 Å². The van der Waals surface area contributed by atoms with Crippen molar-refractivity contribution in [3.63, 3.8) is 0 Å². The van der Waals surface area contributed by atoms with E-state index >= 15 is 0 Å². The maximum Gasteiger partial charge on any atom is 0.290 e. The van der Waals surface area contributed by atoms with Crippen LogP contribution in [0.5, 0.6) is 0 Å². The number of hydrogen-bond acceptors (Lipinski definition) is 3. The summed E-state index contributed by atoms with van der Waals surface area (Å²) in [4.78, 5) is 27.0. The molecule has 2 aromatic carbocycles. The van der Waals surface area contributed by atoms with Crippen LogP contribution in [0.4, 0.5) is 0 Å². The summed E-state index contributed by atoms with van der Waals surface area (Å²) in [6, 6.07) is 18.4. The maximum atomic E-state index is 12.9. The highest BCUT2D eigenvalue weighted by Gasteiger charge is 2.34. The van der Waals surface area contributed by atoms with E-state index in [4.69, 9.17) is 4.42 Å². The number of para-hydroxylation sites is 1. The van der Waals surface area contributed by atoms with Crippen molar-refractivity contribution < 1.29 is 9.21 Å². The van der Waals surface area contributed by atoms with E-state index in [9.17, 15) is 9.59 Å². The fraction of sp³-hybridized carbons (Fsp3) is 0.200. The van der Waals surface area contributed by atoms with Crippen molar-refractivity contribution in [1.29, 1.82) is 0 Å². The van der Waals surface area contributed by atoms with E-state index in [0.29, 0.717) is 17.5 Å². The molecule has 1 heterocycles. The van der Waals surface area contributed by atoms with Crippen LogP contribution >= 0.6 is 0 Å². The standard InChI is InChI=1S/C20H17NO3/c22-17-12-19(24-18-9-5-4-8-16(17)18)20(23)21(15-10-11-15)13-14-6-2-1-3-7-14/h1-9,12,15H,10-11,13H2. The van der Waals surface area contributed by atoms with Crippen molar-refractivity contribution in [2.75, 3.05) is 0 Å². The number of nitrogens with zero attached hydrogens (tertiary/aromatic N) is 1. The van der Waals surface area contributed by atoms with E-state index in [1.807, 2.05) is 35.2 Å². The van der Waals surface area contributed by atoms with Gasteiger partial charge in [-0.1, -0.05) is 42.5 Å². The highest BCUT2D eigenvalue weighted by Crippen LogP contribution is 2.30. The van der Waals surface area contributed by atoms with Gasteiger partial charge in [0.15, 0.2) is 11.2 Å². The van der Waals surface area contributed by atoms with E-state index in [2.05, 4.69) is 0 Å². The number of amides is 1. The van der Waals surface area contributed by atoms with Gasteiger partial charge in [-0.2, -0.15) is 0 Å². The molecule has 1 aliphatic carbocycles. The van der Waals surface area contributed by atoms with E-state index in [1.165, 1.54) is 6.07 Å². The molecular formula is C20H17NO3. The summed E-state index contributed by atoms with van der Waals surface area (Å²) in [5.41, 5.74) is 1.33. The lowest BCUT2D eigenvalue weighted by molar-refractivity contribution is 0.0698. The van der Waals surface area contributed by atoms with Gasteiger partial charge in [0.2, 0.25) is 0 Å². The lowest BCUT2D eigenvalue weighted by Gasteiger charge is -2.22. The molecule has 0 radical (unpaired) electrons. The second-order valence-electron chi connectivity index (χ2n) is 6.12. The number of carbonyl (C=O) groups excluding carboxylic acids is 1. The number of benzene rings is 2. The third-order valence-electron chi connectivity index (χ3n) is 4.29. The summed E-state index contributed by atoms with van der Waals surface area (Å²) < 4.78 is 5.71. The SMILES string of the molecule is O=C(c1cc(=O)c2ccccc2o1)N(Cc1ccccc1)C1CC1. The molecule has 0 unspecified atom stereocenters. The lowest BCUT2D eigenvalue weighted by atomic mass is 10.2. The molecule has 3 aromatic rings. The molecule has 4 nitrogen and oxygen atoms in total. The second kappa shape index (κ2) is 5.96. The molecule has 0 spiro atoms. The largest absolute Gasteiger partial charge is 0.451 e. The Morgan fingerprint density at radius 1 is 1.04 bits per heavy atom. The molecule has 0 atom stereocenters. The molecule has 0 N–H and O–H groups in total. The normalized spacial score (nSPS) is 13.8. The van der Waals surface area contributed by atoms with Gasteiger partial charge in [-0.05, 0) is 30.5 Å². The second-order valence-corrected chi connectivity index (χ2v) is 6.12. The highest BCUT2D eigenvalue weighted by atomic mass is 16.3. The predicted molar refractivity (Wildman–Crippen MR) is 91.8 cm³/mol. The first-order valence-electron chi connectivity index (χ1n) is 8.10. The molecule has 120 valence electrons. The van der Waals surface area contributed by atoms with Gasteiger partial charge in [-0.25, -0.2) is 0 Å². The topological polar surface area (TPSA) is 50.5 Å². The smallest absolute Gasteiger partial charge is 0.290 e. The Morgan fingerprint density at radius 3 is 2.50 bits per heavy atom. The van der Waals surface area contributed by atoms with E-state index in [1.54, 1.807) is 24.3 Å². The zero-order chi connectivity index (χ0) is 16.5. The van der Waals surface area contributed by atoms with Gasteiger partial charge in [0.05, 0.1) is 5.39 Å². The fourth-order valence-electron chi connectivity index (χ4n) is 2.88. The maximum absolute atomic E-state index is 12.9. The van der Waals surface area contributed by atoms with Crippen LogP contribution in [0.25, 0.3) is 11.0 Å². The molecule has 4 rings (SSSR count). The van der Waals surface area contributed by atoms with E-state index in [-0.39, 0.29) is 23.1 Å². The third kappa shape index (κ3) is 2.83. The zero-order valence-corrected chi connectivity index (χ0v) is 13.1. The van der Waals surface area contributed by atoms with Crippen molar-refractivity contribution in [1.82, 2.24) is 4.90 Å². The molecule has 0 aliphatic heterocycles. The average molecular weight is 319 g/mol. The number of carbonyl (C=O) groups is 1. The monoisotopic (exact) mass is 319 g/mol. The van der Waals surface area contributed by atoms with Gasteiger partial charge >= 0.3 is 0 Å². The van der Waals surface area contributed by atoms with Gasteiger partial charge in [-0.3, -0.25) is 9.59 Å². The molecule has 1 amide bonds. The molecule has 4 heteroatoms. The Kier molecular flexibility index (Phi) is 3.65. The Balaban J connectivity index is 1.69. The summed E-state index contributed by atoms with van der Waals surface area (Å²) in [5, 5.41) is 0.495. The van der Waals surface area contributed by atoms with Gasteiger partial charge in [0.25, 0.3) is 5.91 Å². The van der Waals surface area contributed by atoms with Crippen molar-refractivity contribution >= 4 is 16.9 Å². The first-order chi connectivity index (χ1) is 11.7. The lowest BCUT2D eigenvalue weighted by Crippen LogP contribution is -2.33. The molecular weight excluding hydrogens is 302 g/mol. The molecule has 1 fully saturated rings. The minimum Gasteiger partial charge on any atom is -0.451 e. The first kappa shape index (κ1) is 14.7. The van der Waals surface area contributed by atoms with Crippen LogP contribution in [0, 0.1) is 0 Å². The van der Waals surface area contributed by atoms with Gasteiger partial charge in [0.1, 0.15) is 5.58 Å². The summed E-state index contributed by atoms with van der Waals surface area (Å²) >= 11 is 0. The molecule has 24 heavy (non-hydrogen) atoms. The number of rotatable bonds is 4. The Bertz CT molecular complexity index is 942. The Morgan fingerprint density at radius 2 is 1.75 bits per heavy atom. The summed E-state index contributed by atoms with van der Waals surface area (Å²) in [7, 11) is 0. The zero-order valence-electron chi connectivity index (χ0n) is 13.1. The van der Waals surface area contributed by atoms with Crippen LogP contribution in [-0.2, 0) is 6.54 Å². The fourth-order valence-corrected chi connectivity index (χ4v) is 2.88. The van der Waals surface area contributed by atoms with Gasteiger partial charge in [-0.15, -0.1) is 0 Å². The Labute approximate surface area is 139 Å². The minimum atomic E-state index is -0.218. The minimum absolute atomic E-state index is 0.113. The average Bonchev–Trinajstić information content (AvgIpc) is 3.45. The number of fused-ring (bicyclic) bond motifs is 1. The van der Waals surface area contributed by atoms with Crippen LogP contribution < -0.4 is 5.43 Å². The quantitative estimate of drug-likeness (QED) is 0.738. The summed E-state index contributed by atoms with van der Waals surface area (Å²) in [5.74, 6) is -0.106. The van der Waals surface area contributed by atoms with Crippen molar-refractivity contribution in [2.24, 2.45) is 0 Å². The molecule has 1 saturated carbocycles. The van der Waals surface area contributed by atoms with Gasteiger partial charge in [0, 0.05) is 18.7 Å². The summed E-state index contributed by atoms with van der Waals surface area (Å²) in [6.07, 6.45) is 1.99. The van der Waals surface area contributed by atoms with Gasteiger partial charge < -0.3 is 9.32 Å². The highest BCUT2D eigenvalue weighted by molar-refractivity contribution is 5.93. The summed E-state index contributed by atoms with van der Waals surface area (Å²) in [6.45, 7) is 0.529. The van der Waals surface area contributed by atoms with Crippen molar-refractivity contribution in [3.05, 3.63) is 82.2 Å². The molecule has 0 bridgehead atoms. The molecule has 1 aliphatic rings. The molecule has 0 saturated heterocycles. The van der Waals surface area contributed by atoms with Crippen LogP contribution in [0.2, 0.25) is 0 Å². The van der Waals surface area contributed by atoms with E-state index < -0.39 is 0 Å². The third-order valence-corrected chi connectivity index (χ3v) is 4.29. The van der Waals surface area contributed by atoms with Crippen molar-refractivity contribution in [2.45, 2.75) is 25.4 Å². The van der Waals surface area contributed by atoms with Crippen LogP contribution in [0.15, 0.2) is 69.9 Å². The predicted octanol–water partition coefficient (Wildman–Crippen LogP) is 3.60. The van der Waals surface area contributed by atoms with E-state index in [0.717, 1.165) is 18.4 Å². The van der Waals surface area contributed by atoms with Crippen LogP contribution in [0.1, 0.15) is 29.0 Å².